The Morgan fingerprint density at radius 1 is 1.28 bits per heavy atom. The van der Waals surface area contributed by atoms with Gasteiger partial charge in [-0.2, -0.15) is 13.2 Å². The number of thiazole rings is 1. The summed E-state index contributed by atoms with van der Waals surface area (Å²) in [7, 11) is 0. The monoisotopic (exact) mass is 373 g/mol. The molecule has 0 unspecified atom stereocenters. The van der Waals surface area contributed by atoms with Gasteiger partial charge >= 0.3 is 6.18 Å². The molecule has 1 aliphatic heterocycles. The van der Waals surface area contributed by atoms with E-state index >= 15 is 0 Å². The van der Waals surface area contributed by atoms with Crippen LogP contribution >= 0.6 is 11.3 Å². The summed E-state index contributed by atoms with van der Waals surface area (Å²) in [6, 6.07) is 5.51. The van der Waals surface area contributed by atoms with Gasteiger partial charge in [-0.1, -0.05) is 0 Å². The fourth-order valence-electron chi connectivity index (χ4n) is 2.12. The molecular weight excluding hydrogens is 359 g/mol. The van der Waals surface area contributed by atoms with Crippen molar-refractivity contribution in [3.05, 3.63) is 29.3 Å². The van der Waals surface area contributed by atoms with Crippen molar-refractivity contribution in [3.63, 3.8) is 0 Å². The Balaban J connectivity index is 1.50. The van der Waals surface area contributed by atoms with E-state index in [4.69, 9.17) is 9.47 Å². The lowest BCUT2D eigenvalue weighted by atomic mass is 10.2. The Labute approximate surface area is 145 Å². The second kappa shape index (κ2) is 7.28. The average molecular weight is 373 g/mol. The molecule has 1 aromatic heterocycles. The molecule has 0 saturated heterocycles. The standard InChI is InChI=1S/C15H14F3N3O3S/c16-15(17,18)7-20-13(22)5-19-4-10-6-25-14(21-10)9-1-2-11-12(3-9)24-8-23-11/h1-3,6,19H,4-5,7-8H2,(H,20,22). The first-order valence-corrected chi connectivity index (χ1v) is 8.17. The van der Waals surface area contributed by atoms with Crippen molar-refractivity contribution >= 4 is 17.2 Å². The number of carbonyl (C=O) groups is 1. The fourth-order valence-corrected chi connectivity index (χ4v) is 2.93. The molecule has 10 heteroatoms. The molecule has 134 valence electrons. The summed E-state index contributed by atoms with van der Waals surface area (Å²) in [6.45, 7) is -1.08. The van der Waals surface area contributed by atoms with Gasteiger partial charge in [-0.15, -0.1) is 11.3 Å². The average Bonchev–Trinajstić information content (AvgIpc) is 3.20. The number of alkyl halides is 3. The molecule has 2 aromatic rings. The van der Waals surface area contributed by atoms with Crippen LogP contribution in [0.3, 0.4) is 0 Å². The molecule has 0 radical (unpaired) electrons. The molecule has 2 N–H and O–H groups in total. The van der Waals surface area contributed by atoms with Crippen LogP contribution in [0.2, 0.25) is 0 Å². The van der Waals surface area contributed by atoms with Gasteiger partial charge in [0.25, 0.3) is 0 Å². The van der Waals surface area contributed by atoms with Crippen LogP contribution < -0.4 is 20.1 Å². The number of amides is 1. The highest BCUT2D eigenvalue weighted by Crippen LogP contribution is 2.36. The van der Waals surface area contributed by atoms with Crippen molar-refractivity contribution in [3.8, 4) is 22.1 Å². The van der Waals surface area contributed by atoms with Crippen molar-refractivity contribution in [1.82, 2.24) is 15.6 Å². The van der Waals surface area contributed by atoms with Crippen molar-refractivity contribution in [2.45, 2.75) is 12.7 Å². The number of rotatable bonds is 6. The number of carbonyl (C=O) groups excluding carboxylic acids is 1. The number of hydrogen-bond acceptors (Lipinski definition) is 6. The second-order valence-electron chi connectivity index (χ2n) is 5.21. The minimum Gasteiger partial charge on any atom is -0.454 e. The van der Waals surface area contributed by atoms with Gasteiger partial charge in [-0.3, -0.25) is 4.79 Å². The van der Waals surface area contributed by atoms with Gasteiger partial charge in [0, 0.05) is 17.5 Å². The zero-order valence-corrected chi connectivity index (χ0v) is 13.7. The lowest BCUT2D eigenvalue weighted by Crippen LogP contribution is -2.39. The first kappa shape index (κ1) is 17.5. The van der Waals surface area contributed by atoms with Crippen LogP contribution in [-0.2, 0) is 11.3 Å². The summed E-state index contributed by atoms with van der Waals surface area (Å²) in [5, 5.41) is 7.15. The van der Waals surface area contributed by atoms with Gasteiger partial charge in [-0.25, -0.2) is 4.98 Å². The topological polar surface area (TPSA) is 72.5 Å². The van der Waals surface area contributed by atoms with E-state index in [2.05, 4.69) is 10.3 Å². The van der Waals surface area contributed by atoms with E-state index in [0.29, 0.717) is 17.2 Å². The largest absolute Gasteiger partial charge is 0.454 e. The zero-order valence-electron chi connectivity index (χ0n) is 12.9. The van der Waals surface area contributed by atoms with Gasteiger partial charge in [0.05, 0.1) is 12.2 Å². The Morgan fingerprint density at radius 2 is 2.08 bits per heavy atom. The van der Waals surface area contributed by atoms with E-state index in [9.17, 15) is 18.0 Å². The van der Waals surface area contributed by atoms with Gasteiger partial charge < -0.3 is 20.1 Å². The van der Waals surface area contributed by atoms with Crippen LogP contribution in [0.5, 0.6) is 11.5 Å². The molecule has 25 heavy (non-hydrogen) atoms. The third-order valence-electron chi connectivity index (χ3n) is 3.25. The molecular formula is C15H14F3N3O3S. The number of nitrogens with zero attached hydrogens (tertiary/aromatic N) is 1. The van der Waals surface area contributed by atoms with Crippen molar-refractivity contribution in [2.24, 2.45) is 0 Å². The number of fused-ring (bicyclic) bond motifs is 1. The molecule has 0 bridgehead atoms. The molecule has 1 aliphatic rings. The van der Waals surface area contributed by atoms with E-state index in [1.165, 1.54) is 11.3 Å². The maximum atomic E-state index is 12.0. The number of hydrogen-bond donors (Lipinski definition) is 2. The fraction of sp³-hybridized carbons (Fsp3) is 0.333. The normalized spacial score (nSPS) is 13.1. The molecule has 0 atom stereocenters. The first-order chi connectivity index (χ1) is 11.9. The lowest BCUT2D eigenvalue weighted by molar-refractivity contribution is -0.137. The lowest BCUT2D eigenvalue weighted by Gasteiger charge is -2.08. The smallest absolute Gasteiger partial charge is 0.405 e. The number of benzene rings is 1. The van der Waals surface area contributed by atoms with Gasteiger partial charge in [-0.05, 0) is 18.2 Å². The molecule has 1 amide bonds. The van der Waals surface area contributed by atoms with Gasteiger partial charge in [0.2, 0.25) is 12.7 Å². The maximum Gasteiger partial charge on any atom is 0.405 e. The number of halogens is 3. The highest BCUT2D eigenvalue weighted by atomic mass is 32.1. The van der Waals surface area contributed by atoms with Crippen molar-refractivity contribution in [1.29, 1.82) is 0 Å². The number of nitrogens with one attached hydrogen (secondary N) is 2. The summed E-state index contributed by atoms with van der Waals surface area (Å²) in [5.41, 5.74) is 1.57. The predicted octanol–water partition coefficient (Wildman–Crippen LogP) is 2.31. The number of ether oxygens (including phenoxy) is 2. The molecule has 6 nitrogen and oxygen atoms in total. The van der Waals surface area contributed by atoms with Crippen LogP contribution in [0.4, 0.5) is 13.2 Å². The zero-order chi connectivity index (χ0) is 17.9. The quantitative estimate of drug-likeness (QED) is 0.813. The summed E-state index contributed by atoms with van der Waals surface area (Å²) >= 11 is 1.42. The second-order valence-corrected chi connectivity index (χ2v) is 6.07. The third-order valence-corrected chi connectivity index (χ3v) is 4.19. The Bertz CT molecular complexity index is 764. The maximum absolute atomic E-state index is 12.0. The van der Waals surface area contributed by atoms with Gasteiger partial charge in [0.15, 0.2) is 11.5 Å². The molecule has 0 saturated carbocycles. The van der Waals surface area contributed by atoms with Crippen LogP contribution in [0.15, 0.2) is 23.6 Å². The molecule has 1 aromatic carbocycles. The highest BCUT2D eigenvalue weighted by Gasteiger charge is 2.27. The van der Waals surface area contributed by atoms with Gasteiger partial charge in [0.1, 0.15) is 11.6 Å². The van der Waals surface area contributed by atoms with Crippen LogP contribution in [0, 0.1) is 0 Å². The van der Waals surface area contributed by atoms with E-state index in [0.717, 1.165) is 10.6 Å². The predicted molar refractivity (Wildman–Crippen MR) is 84.4 cm³/mol. The number of aromatic nitrogens is 1. The Morgan fingerprint density at radius 3 is 2.88 bits per heavy atom. The Kier molecular flexibility index (Phi) is 5.09. The molecule has 3 rings (SSSR count). The van der Waals surface area contributed by atoms with Crippen molar-refractivity contribution < 1.29 is 27.4 Å². The molecule has 0 fully saturated rings. The minimum atomic E-state index is -4.41. The summed E-state index contributed by atoms with van der Waals surface area (Å²) in [6.07, 6.45) is -4.41. The minimum absolute atomic E-state index is 0.197. The van der Waals surface area contributed by atoms with Crippen LogP contribution in [0.1, 0.15) is 5.69 Å². The summed E-state index contributed by atoms with van der Waals surface area (Å²) < 4.78 is 46.5. The first-order valence-electron chi connectivity index (χ1n) is 7.29. The summed E-state index contributed by atoms with van der Waals surface area (Å²) in [5.74, 6) is 0.629. The van der Waals surface area contributed by atoms with E-state index < -0.39 is 18.6 Å². The highest BCUT2D eigenvalue weighted by molar-refractivity contribution is 7.13. The summed E-state index contributed by atoms with van der Waals surface area (Å²) in [4.78, 5) is 15.7. The SMILES string of the molecule is O=C(CNCc1csc(-c2ccc3c(c2)OCO3)n1)NCC(F)(F)F. The van der Waals surface area contributed by atoms with E-state index in [1.807, 2.05) is 23.6 Å². The van der Waals surface area contributed by atoms with E-state index in [1.54, 1.807) is 5.32 Å². The van der Waals surface area contributed by atoms with Crippen molar-refractivity contribution in [2.75, 3.05) is 19.9 Å². The van der Waals surface area contributed by atoms with E-state index in [-0.39, 0.29) is 19.9 Å². The third kappa shape index (κ3) is 4.83. The van der Waals surface area contributed by atoms with Crippen LogP contribution in [0.25, 0.3) is 10.6 Å². The molecule has 2 heterocycles. The Hall–Kier alpha value is -2.33. The van der Waals surface area contributed by atoms with Crippen LogP contribution in [-0.4, -0.2) is 36.9 Å². The molecule has 0 spiro atoms. The molecule has 0 aliphatic carbocycles.